The minimum Gasteiger partial charge on any atom is -0.480 e. The molecule has 1 fully saturated rings. The first-order valence-electron chi connectivity index (χ1n) is 5.57. The molecular formula is C12H11BrFNO4. The van der Waals surface area contributed by atoms with Crippen LogP contribution >= 0.6 is 15.9 Å². The van der Waals surface area contributed by atoms with Gasteiger partial charge in [-0.15, -0.1) is 0 Å². The molecule has 1 aliphatic heterocycles. The van der Waals surface area contributed by atoms with Crippen LogP contribution in [0.15, 0.2) is 22.7 Å². The number of carboxylic acid groups (broad SMARTS) is 1. The van der Waals surface area contributed by atoms with Crippen molar-refractivity contribution in [1.29, 1.82) is 0 Å². The summed E-state index contributed by atoms with van der Waals surface area (Å²) < 4.78 is 13.5. The molecule has 102 valence electrons. The van der Waals surface area contributed by atoms with Crippen molar-refractivity contribution in [3.8, 4) is 0 Å². The third kappa shape index (κ3) is 2.76. The molecule has 0 aliphatic carbocycles. The van der Waals surface area contributed by atoms with Crippen molar-refractivity contribution in [3.05, 3.63) is 34.1 Å². The zero-order valence-electron chi connectivity index (χ0n) is 9.72. The number of carbonyl (C=O) groups excluding carboxylic acids is 1. The Hall–Kier alpha value is -1.47. The molecule has 0 saturated carbocycles. The SMILES string of the molecule is O=C(O)[C@H]1C[C@@H](O)CN1C(=O)c1cc(F)ccc1Br. The standard InChI is InChI=1S/C12H11BrFNO4/c13-9-2-1-6(14)3-8(9)11(17)15-5-7(16)4-10(15)12(18)19/h1-3,7,10,16H,4-5H2,(H,18,19)/t7-,10-/m1/s1. The molecule has 2 N–H and O–H groups in total. The lowest BCUT2D eigenvalue weighted by Crippen LogP contribution is -2.40. The number of likely N-dealkylation sites (tertiary alicyclic amines) is 1. The molecule has 0 spiro atoms. The molecular weight excluding hydrogens is 321 g/mol. The smallest absolute Gasteiger partial charge is 0.326 e. The first-order valence-corrected chi connectivity index (χ1v) is 6.36. The highest BCUT2D eigenvalue weighted by atomic mass is 79.9. The maximum atomic E-state index is 13.2. The van der Waals surface area contributed by atoms with Gasteiger partial charge in [0.1, 0.15) is 11.9 Å². The zero-order chi connectivity index (χ0) is 14.2. The highest BCUT2D eigenvalue weighted by molar-refractivity contribution is 9.10. The van der Waals surface area contributed by atoms with Gasteiger partial charge < -0.3 is 15.1 Å². The molecule has 1 aromatic carbocycles. The van der Waals surface area contributed by atoms with E-state index in [1.807, 2.05) is 0 Å². The number of carbonyl (C=O) groups is 2. The Bertz CT molecular complexity index is 536. The van der Waals surface area contributed by atoms with Crippen LogP contribution < -0.4 is 0 Å². The van der Waals surface area contributed by atoms with E-state index in [1.165, 1.54) is 12.1 Å². The number of β-amino-alcohol motifs (C(OH)–C–C–N with tert-alkyl or cyclic N) is 1. The number of hydrogen-bond acceptors (Lipinski definition) is 3. The van der Waals surface area contributed by atoms with E-state index < -0.39 is 29.8 Å². The van der Waals surface area contributed by atoms with E-state index in [4.69, 9.17) is 5.11 Å². The van der Waals surface area contributed by atoms with E-state index >= 15 is 0 Å². The second-order valence-corrected chi connectivity index (χ2v) is 5.18. The Morgan fingerprint density at radius 2 is 2.11 bits per heavy atom. The van der Waals surface area contributed by atoms with Gasteiger partial charge in [0.25, 0.3) is 5.91 Å². The molecule has 0 aromatic heterocycles. The van der Waals surface area contributed by atoms with Crippen molar-refractivity contribution in [1.82, 2.24) is 4.90 Å². The summed E-state index contributed by atoms with van der Waals surface area (Å²) in [6.45, 7) is -0.0707. The zero-order valence-corrected chi connectivity index (χ0v) is 11.3. The predicted octanol–water partition coefficient (Wildman–Crippen LogP) is 1.25. The highest BCUT2D eigenvalue weighted by Gasteiger charge is 2.39. The Morgan fingerprint density at radius 1 is 1.42 bits per heavy atom. The Morgan fingerprint density at radius 3 is 2.74 bits per heavy atom. The first-order chi connectivity index (χ1) is 8.90. The number of amides is 1. The monoisotopic (exact) mass is 331 g/mol. The van der Waals surface area contributed by atoms with Crippen LogP contribution in [0.3, 0.4) is 0 Å². The van der Waals surface area contributed by atoms with Gasteiger partial charge in [0.2, 0.25) is 0 Å². The predicted molar refractivity (Wildman–Crippen MR) is 67.2 cm³/mol. The fourth-order valence-electron chi connectivity index (χ4n) is 2.09. The average Bonchev–Trinajstić information content (AvgIpc) is 2.74. The van der Waals surface area contributed by atoms with Gasteiger partial charge in [-0.3, -0.25) is 4.79 Å². The molecule has 1 amide bonds. The summed E-state index contributed by atoms with van der Waals surface area (Å²) >= 11 is 3.13. The van der Waals surface area contributed by atoms with Gasteiger partial charge in [0, 0.05) is 17.4 Å². The number of rotatable bonds is 2. The Balaban J connectivity index is 2.33. The summed E-state index contributed by atoms with van der Waals surface area (Å²) in [5, 5.41) is 18.5. The summed E-state index contributed by atoms with van der Waals surface area (Å²) in [4.78, 5) is 24.3. The summed E-state index contributed by atoms with van der Waals surface area (Å²) in [5.74, 6) is -2.38. The fraction of sp³-hybridized carbons (Fsp3) is 0.333. The lowest BCUT2D eigenvalue weighted by Gasteiger charge is -2.21. The number of benzene rings is 1. The number of aliphatic hydroxyl groups is 1. The minimum absolute atomic E-state index is 0.0198. The molecule has 1 aliphatic rings. The molecule has 5 nitrogen and oxygen atoms in total. The Kier molecular flexibility index (Phi) is 3.86. The third-order valence-electron chi connectivity index (χ3n) is 2.98. The van der Waals surface area contributed by atoms with E-state index in [0.717, 1.165) is 11.0 Å². The molecule has 1 aromatic rings. The van der Waals surface area contributed by atoms with Crippen molar-refractivity contribution in [2.24, 2.45) is 0 Å². The van der Waals surface area contributed by atoms with Crippen LogP contribution in [0, 0.1) is 5.82 Å². The topological polar surface area (TPSA) is 77.8 Å². The Labute approximate surface area is 116 Å². The van der Waals surface area contributed by atoms with E-state index in [0.29, 0.717) is 4.47 Å². The third-order valence-corrected chi connectivity index (χ3v) is 3.68. The van der Waals surface area contributed by atoms with Crippen molar-refractivity contribution in [2.75, 3.05) is 6.54 Å². The van der Waals surface area contributed by atoms with Crippen LogP contribution in [0.2, 0.25) is 0 Å². The number of halogens is 2. The van der Waals surface area contributed by atoms with Gasteiger partial charge in [-0.05, 0) is 34.1 Å². The maximum absolute atomic E-state index is 13.2. The summed E-state index contributed by atoms with van der Waals surface area (Å²) in [6.07, 6.45) is -0.897. The summed E-state index contributed by atoms with van der Waals surface area (Å²) in [6, 6.07) is 2.52. The molecule has 2 atom stereocenters. The van der Waals surface area contributed by atoms with Crippen molar-refractivity contribution in [3.63, 3.8) is 0 Å². The molecule has 0 bridgehead atoms. The highest BCUT2D eigenvalue weighted by Crippen LogP contribution is 2.25. The van der Waals surface area contributed by atoms with Crippen LogP contribution in [0.4, 0.5) is 4.39 Å². The molecule has 2 rings (SSSR count). The van der Waals surface area contributed by atoms with Crippen LogP contribution in [0.5, 0.6) is 0 Å². The minimum atomic E-state index is -1.18. The van der Waals surface area contributed by atoms with Gasteiger partial charge >= 0.3 is 5.97 Å². The van der Waals surface area contributed by atoms with Crippen molar-refractivity contribution in [2.45, 2.75) is 18.6 Å². The van der Waals surface area contributed by atoms with E-state index in [9.17, 15) is 19.1 Å². The molecule has 0 radical (unpaired) electrons. The normalized spacial score (nSPS) is 22.6. The lowest BCUT2D eigenvalue weighted by molar-refractivity contribution is -0.141. The van der Waals surface area contributed by atoms with Crippen LogP contribution in [-0.4, -0.2) is 45.7 Å². The van der Waals surface area contributed by atoms with Gasteiger partial charge in [0.15, 0.2) is 0 Å². The van der Waals surface area contributed by atoms with Crippen molar-refractivity contribution < 1.29 is 24.2 Å². The number of aliphatic hydroxyl groups excluding tert-OH is 1. The van der Waals surface area contributed by atoms with E-state index in [-0.39, 0.29) is 18.5 Å². The largest absolute Gasteiger partial charge is 0.480 e. The second-order valence-electron chi connectivity index (χ2n) is 4.33. The average molecular weight is 332 g/mol. The van der Waals surface area contributed by atoms with E-state index in [1.54, 1.807) is 0 Å². The second kappa shape index (κ2) is 5.26. The van der Waals surface area contributed by atoms with Gasteiger partial charge in [-0.25, -0.2) is 9.18 Å². The molecule has 0 unspecified atom stereocenters. The summed E-state index contributed by atoms with van der Waals surface area (Å²) in [7, 11) is 0. The van der Waals surface area contributed by atoms with Gasteiger partial charge in [0.05, 0.1) is 11.7 Å². The summed E-state index contributed by atoms with van der Waals surface area (Å²) in [5.41, 5.74) is 0.0420. The molecule has 1 heterocycles. The molecule has 19 heavy (non-hydrogen) atoms. The first kappa shape index (κ1) is 14.0. The van der Waals surface area contributed by atoms with Gasteiger partial charge in [-0.1, -0.05) is 0 Å². The maximum Gasteiger partial charge on any atom is 0.326 e. The van der Waals surface area contributed by atoms with Gasteiger partial charge in [-0.2, -0.15) is 0 Å². The van der Waals surface area contributed by atoms with E-state index in [2.05, 4.69) is 15.9 Å². The van der Waals surface area contributed by atoms with Crippen LogP contribution in [0.25, 0.3) is 0 Å². The quantitative estimate of drug-likeness (QED) is 0.854. The molecule has 1 saturated heterocycles. The lowest BCUT2D eigenvalue weighted by atomic mass is 10.1. The fourth-order valence-corrected chi connectivity index (χ4v) is 2.50. The van der Waals surface area contributed by atoms with Crippen LogP contribution in [-0.2, 0) is 4.79 Å². The molecule has 7 heteroatoms. The van der Waals surface area contributed by atoms with Crippen molar-refractivity contribution >= 4 is 27.8 Å². The number of nitrogens with zero attached hydrogens (tertiary/aromatic N) is 1. The number of carboxylic acids is 1. The number of aliphatic carboxylic acids is 1. The van der Waals surface area contributed by atoms with Crippen LogP contribution in [0.1, 0.15) is 16.8 Å². The number of hydrogen-bond donors (Lipinski definition) is 2.